The molecule has 34 heavy (non-hydrogen) atoms. The minimum absolute atomic E-state index is 0.0427. The smallest absolute Gasteiger partial charge is 0.341 e. The number of esters is 1. The molecule has 0 saturated heterocycles. The molecule has 0 amide bonds. The lowest BCUT2D eigenvalue weighted by molar-refractivity contribution is -0.384. The molecule has 1 atom stereocenters. The van der Waals surface area contributed by atoms with Crippen LogP contribution in [0.1, 0.15) is 40.4 Å². The van der Waals surface area contributed by atoms with E-state index in [1.807, 2.05) is 44.2 Å². The van der Waals surface area contributed by atoms with E-state index in [9.17, 15) is 14.9 Å². The molecule has 1 heterocycles. The highest BCUT2D eigenvalue weighted by Gasteiger charge is 2.22. The highest BCUT2D eigenvalue weighted by molar-refractivity contribution is 5.96. The van der Waals surface area contributed by atoms with Crippen LogP contribution in [-0.2, 0) is 4.74 Å². The maximum Gasteiger partial charge on any atom is 0.341 e. The number of carbonyl (C=O) groups is 1. The van der Waals surface area contributed by atoms with Gasteiger partial charge in [-0.05, 0) is 62.2 Å². The average molecular weight is 458 g/mol. The minimum atomic E-state index is -0.805. The van der Waals surface area contributed by atoms with Gasteiger partial charge in [-0.2, -0.15) is 0 Å². The molecule has 172 valence electrons. The number of para-hydroxylation sites is 1. The van der Waals surface area contributed by atoms with Gasteiger partial charge in [0, 0.05) is 23.4 Å². The summed E-state index contributed by atoms with van der Waals surface area (Å²) in [4.78, 5) is 23.3. The summed E-state index contributed by atoms with van der Waals surface area (Å²) in [5.41, 5.74) is 4.58. The Morgan fingerprint density at radius 1 is 1.00 bits per heavy atom. The monoisotopic (exact) mass is 458 g/mol. The Morgan fingerprint density at radius 2 is 1.71 bits per heavy atom. The third-order valence-electron chi connectivity index (χ3n) is 5.42. The zero-order valence-corrected chi connectivity index (χ0v) is 18.8. The predicted octanol–water partition coefficient (Wildman–Crippen LogP) is 5.92. The zero-order valence-electron chi connectivity index (χ0n) is 18.8. The van der Waals surface area contributed by atoms with Gasteiger partial charge in [0.05, 0.1) is 16.2 Å². The molecule has 0 aliphatic heterocycles. The van der Waals surface area contributed by atoms with Crippen molar-refractivity contribution >= 4 is 23.0 Å². The number of non-ortho nitro benzene ring substituents is 1. The second-order valence-electron chi connectivity index (χ2n) is 7.72. The van der Waals surface area contributed by atoms with E-state index in [0.29, 0.717) is 16.8 Å². The molecule has 0 aliphatic rings. The van der Waals surface area contributed by atoms with Gasteiger partial charge in [-0.25, -0.2) is 4.79 Å². The lowest BCUT2D eigenvalue weighted by Gasteiger charge is -2.15. The molecule has 4 rings (SSSR count). The second kappa shape index (κ2) is 9.53. The highest BCUT2D eigenvalue weighted by atomic mass is 16.6. The Bertz CT molecular complexity index is 1350. The number of hydrogen-bond acceptors (Lipinski definition) is 8. The number of aromatic nitrogens is 2. The molecule has 1 N–H and O–H groups in total. The van der Waals surface area contributed by atoms with Gasteiger partial charge < -0.3 is 14.5 Å². The standard InChI is InChI=1S/C25H22N4O5/c1-15-7-6-10-21(16(15)2)26-22-9-5-4-8-20(22)25(30)33-17(3)23-27-28-24(34-23)18-11-13-19(14-12-18)29(31)32/h4-14,17,26H,1-3H3. The van der Waals surface area contributed by atoms with Crippen LogP contribution < -0.4 is 5.32 Å². The molecule has 0 saturated carbocycles. The molecule has 1 aromatic heterocycles. The first-order valence-corrected chi connectivity index (χ1v) is 10.5. The lowest BCUT2D eigenvalue weighted by Crippen LogP contribution is -2.11. The number of ether oxygens (including phenoxy) is 1. The van der Waals surface area contributed by atoms with Gasteiger partial charge in [0.1, 0.15) is 0 Å². The van der Waals surface area contributed by atoms with Gasteiger partial charge in [0.25, 0.3) is 11.6 Å². The van der Waals surface area contributed by atoms with Crippen molar-refractivity contribution in [3.63, 3.8) is 0 Å². The first-order chi connectivity index (χ1) is 16.3. The molecule has 0 spiro atoms. The summed E-state index contributed by atoms with van der Waals surface area (Å²) in [5, 5.41) is 22.1. The summed E-state index contributed by atoms with van der Waals surface area (Å²) in [6.07, 6.45) is -0.805. The zero-order chi connectivity index (χ0) is 24.2. The van der Waals surface area contributed by atoms with Crippen LogP contribution >= 0.6 is 0 Å². The quantitative estimate of drug-likeness (QED) is 0.206. The van der Waals surface area contributed by atoms with Crippen molar-refractivity contribution in [3.05, 3.63) is 99.4 Å². The number of nitro benzene ring substituents is 1. The number of carbonyl (C=O) groups excluding carboxylic acids is 1. The van der Waals surface area contributed by atoms with Crippen molar-refractivity contribution < 1.29 is 18.9 Å². The van der Waals surface area contributed by atoms with Gasteiger partial charge >= 0.3 is 5.97 Å². The number of nitrogens with zero attached hydrogens (tertiary/aromatic N) is 3. The summed E-state index contributed by atoms with van der Waals surface area (Å²) in [6.45, 7) is 5.67. The Labute approximate surface area is 195 Å². The maximum atomic E-state index is 13.0. The highest BCUT2D eigenvalue weighted by Crippen LogP contribution is 2.28. The van der Waals surface area contributed by atoms with Crippen LogP contribution in [0.3, 0.4) is 0 Å². The van der Waals surface area contributed by atoms with Crippen LogP contribution in [0.4, 0.5) is 17.1 Å². The Kier molecular flexibility index (Phi) is 6.35. The van der Waals surface area contributed by atoms with E-state index in [4.69, 9.17) is 9.15 Å². The molecule has 1 unspecified atom stereocenters. The van der Waals surface area contributed by atoms with Crippen LogP contribution in [0.5, 0.6) is 0 Å². The number of rotatable bonds is 7. The molecular formula is C25H22N4O5. The molecular weight excluding hydrogens is 436 g/mol. The van der Waals surface area contributed by atoms with Crippen LogP contribution in [0.2, 0.25) is 0 Å². The second-order valence-corrected chi connectivity index (χ2v) is 7.72. The molecule has 9 nitrogen and oxygen atoms in total. The first kappa shape index (κ1) is 22.7. The number of nitro groups is 1. The van der Waals surface area contributed by atoms with Crippen molar-refractivity contribution in [2.45, 2.75) is 26.9 Å². The third kappa shape index (κ3) is 4.78. The van der Waals surface area contributed by atoms with Crippen LogP contribution in [-0.4, -0.2) is 21.1 Å². The molecule has 0 fully saturated rings. The van der Waals surface area contributed by atoms with E-state index in [-0.39, 0.29) is 17.5 Å². The number of nitrogens with one attached hydrogen (secondary N) is 1. The summed E-state index contributed by atoms with van der Waals surface area (Å²) in [6, 6.07) is 18.7. The van der Waals surface area contributed by atoms with Crippen LogP contribution in [0.25, 0.3) is 11.5 Å². The Hall–Kier alpha value is -4.53. The fourth-order valence-electron chi connectivity index (χ4n) is 3.32. The molecule has 0 bridgehead atoms. The van der Waals surface area contributed by atoms with Crippen molar-refractivity contribution in [3.8, 4) is 11.5 Å². The lowest BCUT2D eigenvalue weighted by atomic mass is 10.1. The maximum absolute atomic E-state index is 13.0. The van der Waals surface area contributed by atoms with E-state index in [2.05, 4.69) is 15.5 Å². The van der Waals surface area contributed by atoms with E-state index in [1.54, 1.807) is 19.1 Å². The van der Waals surface area contributed by atoms with Crippen molar-refractivity contribution in [2.24, 2.45) is 0 Å². The SMILES string of the molecule is Cc1cccc(Nc2ccccc2C(=O)OC(C)c2nnc(-c3ccc([N+](=O)[O-])cc3)o2)c1C. The Morgan fingerprint density at radius 3 is 2.44 bits per heavy atom. The van der Waals surface area contributed by atoms with Gasteiger partial charge in [-0.1, -0.05) is 24.3 Å². The normalized spacial score (nSPS) is 11.6. The molecule has 0 aliphatic carbocycles. The number of aryl methyl sites for hydroxylation is 1. The van der Waals surface area contributed by atoms with Crippen molar-refractivity contribution in [1.29, 1.82) is 0 Å². The van der Waals surface area contributed by atoms with Crippen LogP contribution in [0, 0.1) is 24.0 Å². The molecule has 3 aromatic carbocycles. The Balaban J connectivity index is 1.49. The van der Waals surface area contributed by atoms with E-state index < -0.39 is 17.0 Å². The van der Waals surface area contributed by atoms with Crippen molar-refractivity contribution in [2.75, 3.05) is 5.32 Å². The molecule has 0 radical (unpaired) electrons. The third-order valence-corrected chi connectivity index (χ3v) is 5.42. The van der Waals surface area contributed by atoms with E-state index in [1.165, 1.54) is 24.3 Å². The van der Waals surface area contributed by atoms with E-state index >= 15 is 0 Å². The molecule has 9 heteroatoms. The minimum Gasteiger partial charge on any atom is -0.449 e. The number of anilines is 2. The predicted molar refractivity (Wildman–Crippen MR) is 126 cm³/mol. The van der Waals surface area contributed by atoms with Gasteiger partial charge in [0.15, 0.2) is 6.10 Å². The van der Waals surface area contributed by atoms with Gasteiger partial charge in [-0.15, -0.1) is 10.2 Å². The summed E-state index contributed by atoms with van der Waals surface area (Å²) in [7, 11) is 0. The summed E-state index contributed by atoms with van der Waals surface area (Å²) in [5.74, 6) is -0.262. The fraction of sp³-hybridized carbons (Fsp3) is 0.160. The summed E-state index contributed by atoms with van der Waals surface area (Å²) >= 11 is 0. The van der Waals surface area contributed by atoms with E-state index in [0.717, 1.165) is 16.8 Å². The van der Waals surface area contributed by atoms with Crippen molar-refractivity contribution in [1.82, 2.24) is 10.2 Å². The fourth-order valence-corrected chi connectivity index (χ4v) is 3.32. The van der Waals surface area contributed by atoms with Gasteiger partial charge in [0.2, 0.25) is 5.89 Å². The first-order valence-electron chi connectivity index (χ1n) is 10.5. The van der Waals surface area contributed by atoms with Gasteiger partial charge in [-0.3, -0.25) is 10.1 Å². The largest absolute Gasteiger partial charge is 0.449 e. The number of benzene rings is 3. The molecule has 4 aromatic rings. The number of hydrogen-bond donors (Lipinski definition) is 1. The topological polar surface area (TPSA) is 120 Å². The van der Waals surface area contributed by atoms with Crippen LogP contribution in [0.15, 0.2) is 71.1 Å². The average Bonchev–Trinajstić information content (AvgIpc) is 3.33. The summed E-state index contributed by atoms with van der Waals surface area (Å²) < 4.78 is 11.2.